The second kappa shape index (κ2) is 42.8. The lowest BCUT2D eigenvalue weighted by atomic mass is 9.98. The minimum Gasteiger partial charge on any atom is -0.462 e. The Morgan fingerprint density at radius 1 is 0.451 bits per heavy atom. The van der Waals surface area contributed by atoms with Crippen molar-refractivity contribution in [2.75, 3.05) is 26.4 Å². The van der Waals surface area contributed by atoms with Gasteiger partial charge in [-0.2, -0.15) is 0 Å². The van der Waals surface area contributed by atoms with E-state index in [1.165, 1.54) is 96.3 Å². The number of rotatable bonds is 43. The number of hydrogen-bond donors (Lipinski definition) is 7. The van der Waals surface area contributed by atoms with Crippen molar-refractivity contribution < 1.29 is 73.8 Å². The van der Waals surface area contributed by atoms with E-state index in [9.17, 15) is 45.3 Å². The van der Waals surface area contributed by atoms with Gasteiger partial charge in [0.15, 0.2) is 18.7 Å². The minimum absolute atomic E-state index is 0.128. The van der Waals surface area contributed by atoms with E-state index in [1.54, 1.807) is 0 Å². The van der Waals surface area contributed by atoms with Crippen molar-refractivity contribution in [3.05, 3.63) is 48.6 Å². The molecule has 7 N–H and O–H groups in total. The van der Waals surface area contributed by atoms with E-state index in [2.05, 4.69) is 62.5 Å². The van der Waals surface area contributed by atoms with E-state index in [0.717, 1.165) is 64.2 Å². The molecular weight excluding hydrogens is 913 g/mol. The molecule has 0 aliphatic carbocycles. The van der Waals surface area contributed by atoms with Crippen molar-refractivity contribution in [2.45, 2.75) is 268 Å². The van der Waals surface area contributed by atoms with Crippen LogP contribution in [0.25, 0.3) is 0 Å². The predicted molar refractivity (Wildman–Crippen MR) is 275 cm³/mol. The Balaban J connectivity index is 1.80. The van der Waals surface area contributed by atoms with Crippen molar-refractivity contribution in [3.63, 3.8) is 0 Å². The van der Waals surface area contributed by atoms with Gasteiger partial charge < -0.3 is 64.2 Å². The monoisotopic (exact) mass is 1010 g/mol. The zero-order valence-corrected chi connectivity index (χ0v) is 43.7. The smallest absolute Gasteiger partial charge is 0.306 e. The summed E-state index contributed by atoms with van der Waals surface area (Å²) in [6, 6.07) is 0. The van der Waals surface area contributed by atoms with E-state index in [-0.39, 0.29) is 19.4 Å². The molecule has 71 heavy (non-hydrogen) atoms. The summed E-state index contributed by atoms with van der Waals surface area (Å²) < 4.78 is 33.6. The molecule has 2 aliphatic heterocycles. The van der Waals surface area contributed by atoms with Gasteiger partial charge in [0.2, 0.25) is 0 Å². The molecule has 0 aromatic heterocycles. The quantitative estimate of drug-likeness (QED) is 0.0172. The molecule has 0 amide bonds. The summed E-state index contributed by atoms with van der Waals surface area (Å²) >= 11 is 0. The Kier molecular flexibility index (Phi) is 38.9. The number of hydrogen-bond acceptors (Lipinski definition) is 15. The molecule has 0 radical (unpaired) electrons. The summed E-state index contributed by atoms with van der Waals surface area (Å²) in [5.41, 5.74) is 0. The maximum Gasteiger partial charge on any atom is 0.306 e. The Bertz CT molecular complexity index is 1420. The first-order valence-electron chi connectivity index (χ1n) is 27.7. The van der Waals surface area contributed by atoms with Crippen molar-refractivity contribution in [3.8, 4) is 0 Å². The van der Waals surface area contributed by atoms with Crippen LogP contribution in [0, 0.1) is 0 Å². The van der Waals surface area contributed by atoms with Crippen LogP contribution in [0.5, 0.6) is 0 Å². The van der Waals surface area contributed by atoms with Crippen LogP contribution in [0.15, 0.2) is 48.6 Å². The van der Waals surface area contributed by atoms with Crippen molar-refractivity contribution >= 4 is 11.9 Å². The number of ether oxygens (including phenoxy) is 6. The summed E-state index contributed by atoms with van der Waals surface area (Å²) in [6.07, 6.45) is 31.3. The molecule has 0 aromatic rings. The number of unbranched alkanes of at least 4 members (excludes halogenated alkanes) is 21. The summed E-state index contributed by atoms with van der Waals surface area (Å²) in [5.74, 6) is -0.956. The standard InChI is InChI=1S/C56H98O15/c1-3-5-7-9-11-13-15-17-19-21-22-23-25-27-29-31-33-35-37-39-48(59)69-44(41-66-47(58)38-36-34-32-30-28-26-24-20-18-16-14-12-10-8-6-4-2)42-67-55-54(65)52(63)50(61)46(71-55)43-68-56-53(64)51(62)49(60)45(40-57)70-56/h11,13,17,19,22-23,27,29,44-46,49-57,60-65H,3-10,12,14-16,18,20-21,24-26,28,30-43H2,1-2H3/b13-11+,19-17+,23-22+,29-27+/t44-,45+,46+,49-,50-,51?,52?,53?,54?,55+,56+/m1/s1. The lowest BCUT2D eigenvalue weighted by Gasteiger charge is -2.42. The first-order valence-corrected chi connectivity index (χ1v) is 27.7. The third kappa shape index (κ3) is 30.4. The number of aliphatic hydroxyl groups is 7. The molecule has 0 saturated carbocycles. The average molecular weight is 1010 g/mol. The zero-order chi connectivity index (χ0) is 51.7. The van der Waals surface area contributed by atoms with E-state index in [1.807, 2.05) is 0 Å². The minimum atomic E-state index is -1.77. The molecule has 0 bridgehead atoms. The van der Waals surface area contributed by atoms with E-state index in [4.69, 9.17) is 28.4 Å². The molecule has 2 aliphatic rings. The van der Waals surface area contributed by atoms with E-state index >= 15 is 0 Å². The molecule has 0 aromatic carbocycles. The molecule has 15 heteroatoms. The Morgan fingerprint density at radius 2 is 0.845 bits per heavy atom. The van der Waals surface area contributed by atoms with Crippen molar-refractivity contribution in [1.29, 1.82) is 0 Å². The summed E-state index contributed by atoms with van der Waals surface area (Å²) in [6.45, 7) is 2.55. The van der Waals surface area contributed by atoms with Gasteiger partial charge in [0.1, 0.15) is 55.4 Å². The Morgan fingerprint density at radius 3 is 1.35 bits per heavy atom. The van der Waals surface area contributed by atoms with Gasteiger partial charge in [0, 0.05) is 12.8 Å². The molecule has 2 saturated heterocycles. The van der Waals surface area contributed by atoms with Crippen LogP contribution in [-0.4, -0.2) is 142 Å². The fourth-order valence-corrected chi connectivity index (χ4v) is 8.49. The lowest BCUT2D eigenvalue weighted by Crippen LogP contribution is -2.61. The number of carbonyl (C=O) groups is 2. The van der Waals surface area contributed by atoms with Crippen LogP contribution in [0.1, 0.15) is 200 Å². The summed E-state index contributed by atoms with van der Waals surface area (Å²) in [7, 11) is 0. The van der Waals surface area contributed by atoms with Gasteiger partial charge >= 0.3 is 11.9 Å². The topological polar surface area (TPSA) is 231 Å². The highest BCUT2D eigenvalue weighted by molar-refractivity contribution is 5.70. The number of aliphatic hydroxyl groups excluding tert-OH is 7. The SMILES string of the molecule is CCCCC/C=C/C/C=C/C/C=C/C/C=C/CCCCCC(=O)O[C@H](COC(=O)CCCCCCCCCCCCCCCCCC)CO[C@H]1O[C@@H](CO[C@H]2O[C@@H](CO)[C@@H](O)C(O)C2O)[C@@H](O)C(O)C1O. The molecule has 4 unspecified atom stereocenters. The highest BCUT2D eigenvalue weighted by atomic mass is 16.7. The van der Waals surface area contributed by atoms with Gasteiger partial charge in [-0.05, 0) is 57.8 Å². The average Bonchev–Trinajstić information content (AvgIpc) is 3.36. The van der Waals surface area contributed by atoms with E-state index < -0.39 is 99.3 Å². The Hall–Kier alpha value is -2.54. The molecule has 0 spiro atoms. The second-order valence-corrected chi connectivity index (χ2v) is 19.4. The molecule has 15 nitrogen and oxygen atoms in total. The molecule has 412 valence electrons. The summed E-state index contributed by atoms with van der Waals surface area (Å²) in [5, 5.41) is 72.2. The molecule has 11 atom stereocenters. The molecular formula is C56H98O15. The Labute approximate surface area is 427 Å². The number of carbonyl (C=O) groups excluding carboxylic acids is 2. The first kappa shape index (κ1) is 64.6. The third-order valence-corrected chi connectivity index (χ3v) is 13.1. The van der Waals surface area contributed by atoms with Gasteiger partial charge in [-0.3, -0.25) is 9.59 Å². The first-order chi connectivity index (χ1) is 34.5. The van der Waals surface area contributed by atoms with Gasteiger partial charge in [0.05, 0.1) is 19.8 Å². The molecule has 2 rings (SSSR count). The highest BCUT2D eigenvalue weighted by Gasteiger charge is 2.47. The number of allylic oxidation sites excluding steroid dienone is 8. The second-order valence-electron chi connectivity index (χ2n) is 19.4. The van der Waals surface area contributed by atoms with Gasteiger partial charge in [0.25, 0.3) is 0 Å². The fraction of sp³-hybridized carbons (Fsp3) is 0.821. The maximum absolute atomic E-state index is 13.0. The van der Waals surface area contributed by atoms with Gasteiger partial charge in [-0.25, -0.2) is 0 Å². The highest BCUT2D eigenvalue weighted by Crippen LogP contribution is 2.26. The normalized spacial score (nSPS) is 25.5. The molecule has 2 fully saturated rings. The van der Waals surface area contributed by atoms with Crippen LogP contribution in [0.4, 0.5) is 0 Å². The molecule has 2 heterocycles. The predicted octanol–water partition coefficient (Wildman–Crippen LogP) is 8.66. The number of esters is 2. The third-order valence-electron chi connectivity index (χ3n) is 13.1. The van der Waals surface area contributed by atoms with Crippen LogP contribution in [0.2, 0.25) is 0 Å². The summed E-state index contributed by atoms with van der Waals surface area (Å²) in [4.78, 5) is 25.8. The van der Waals surface area contributed by atoms with Crippen LogP contribution < -0.4 is 0 Å². The van der Waals surface area contributed by atoms with Gasteiger partial charge in [-0.15, -0.1) is 0 Å². The van der Waals surface area contributed by atoms with Crippen LogP contribution in [-0.2, 0) is 38.0 Å². The van der Waals surface area contributed by atoms with Crippen LogP contribution >= 0.6 is 0 Å². The van der Waals surface area contributed by atoms with Gasteiger partial charge in [-0.1, -0.05) is 178 Å². The lowest BCUT2D eigenvalue weighted by molar-refractivity contribution is -0.332. The maximum atomic E-state index is 13.0. The zero-order valence-electron chi connectivity index (χ0n) is 43.7. The van der Waals surface area contributed by atoms with Crippen molar-refractivity contribution in [1.82, 2.24) is 0 Å². The van der Waals surface area contributed by atoms with Crippen molar-refractivity contribution in [2.24, 2.45) is 0 Å². The largest absolute Gasteiger partial charge is 0.462 e. The van der Waals surface area contributed by atoms with E-state index in [0.29, 0.717) is 12.8 Å². The fourth-order valence-electron chi connectivity index (χ4n) is 8.49. The van der Waals surface area contributed by atoms with Crippen LogP contribution in [0.3, 0.4) is 0 Å².